The van der Waals surface area contributed by atoms with E-state index in [2.05, 4.69) is 27.3 Å². The highest BCUT2D eigenvalue weighted by Gasteiger charge is 2.27. The molecule has 1 aromatic rings. The molecule has 1 aliphatic carbocycles. The van der Waals surface area contributed by atoms with Gasteiger partial charge in [-0.25, -0.2) is 0 Å². The number of dihydropyridines is 1. The molecular formula is C20H25Cl2N3O. The topological polar surface area (TPSA) is 27.7 Å². The van der Waals surface area contributed by atoms with Gasteiger partial charge in [-0.2, -0.15) is 0 Å². The van der Waals surface area contributed by atoms with E-state index in [1.165, 1.54) is 32.2 Å². The summed E-state index contributed by atoms with van der Waals surface area (Å²) in [7, 11) is 0. The van der Waals surface area contributed by atoms with Gasteiger partial charge >= 0.3 is 0 Å². The van der Waals surface area contributed by atoms with Gasteiger partial charge in [-0.15, -0.1) is 0 Å². The van der Waals surface area contributed by atoms with E-state index in [4.69, 9.17) is 27.9 Å². The normalized spacial score (nSPS) is 24.5. The lowest BCUT2D eigenvalue weighted by atomic mass is 9.91. The van der Waals surface area contributed by atoms with Gasteiger partial charge in [0.15, 0.2) is 6.23 Å². The van der Waals surface area contributed by atoms with Crippen LogP contribution >= 0.6 is 23.2 Å². The minimum absolute atomic E-state index is 0.226. The minimum atomic E-state index is -0.226. The van der Waals surface area contributed by atoms with Crippen LogP contribution in [0, 0.1) is 0 Å². The number of halogens is 2. The number of hydrogen-bond acceptors (Lipinski definition) is 4. The number of ether oxygens (including phenoxy) is 1. The Bertz CT molecular complexity index is 682. The number of hydrogen-bond donors (Lipinski definition) is 1. The van der Waals surface area contributed by atoms with E-state index < -0.39 is 0 Å². The molecule has 1 unspecified atom stereocenters. The predicted molar refractivity (Wildman–Crippen MR) is 107 cm³/mol. The molecule has 3 aliphatic rings. The molecule has 1 atom stereocenters. The van der Waals surface area contributed by atoms with Gasteiger partial charge in [0.1, 0.15) is 11.6 Å². The van der Waals surface area contributed by atoms with Crippen molar-refractivity contribution in [2.75, 3.05) is 26.2 Å². The first-order valence-electron chi connectivity index (χ1n) is 9.44. The molecule has 0 radical (unpaired) electrons. The number of nitrogens with one attached hydrogen (secondary N) is 1. The molecule has 1 N–H and O–H groups in total. The Morgan fingerprint density at radius 1 is 0.962 bits per heavy atom. The first-order valence-corrected chi connectivity index (χ1v) is 10.2. The van der Waals surface area contributed by atoms with Crippen LogP contribution in [0.2, 0.25) is 10.0 Å². The number of benzene rings is 1. The van der Waals surface area contributed by atoms with Crippen LogP contribution in [0.5, 0.6) is 5.75 Å². The fraction of sp³-hybridized carbons (Fsp3) is 0.500. The zero-order valence-electron chi connectivity index (χ0n) is 14.8. The van der Waals surface area contributed by atoms with Gasteiger partial charge < -0.3 is 15.0 Å². The fourth-order valence-corrected chi connectivity index (χ4v) is 4.30. The predicted octanol–water partition coefficient (Wildman–Crippen LogP) is 4.26. The van der Waals surface area contributed by atoms with Crippen molar-refractivity contribution >= 4 is 23.2 Å². The summed E-state index contributed by atoms with van der Waals surface area (Å²) in [5.74, 6) is 1.79. The minimum Gasteiger partial charge on any atom is -0.467 e. The lowest BCUT2D eigenvalue weighted by molar-refractivity contribution is 0.131. The van der Waals surface area contributed by atoms with Crippen LogP contribution in [0.3, 0.4) is 0 Å². The molecule has 26 heavy (non-hydrogen) atoms. The summed E-state index contributed by atoms with van der Waals surface area (Å²) in [6, 6.07) is 6.09. The van der Waals surface area contributed by atoms with E-state index >= 15 is 0 Å². The van der Waals surface area contributed by atoms with Crippen LogP contribution in [-0.4, -0.2) is 48.2 Å². The maximum absolute atomic E-state index is 6.07. The quantitative estimate of drug-likeness (QED) is 0.826. The molecule has 4 nitrogen and oxygen atoms in total. The van der Waals surface area contributed by atoms with Crippen LogP contribution in [0.1, 0.15) is 25.7 Å². The summed E-state index contributed by atoms with van der Waals surface area (Å²) >= 11 is 12.1. The van der Waals surface area contributed by atoms with Gasteiger partial charge in [0, 0.05) is 42.3 Å². The summed E-state index contributed by atoms with van der Waals surface area (Å²) in [4.78, 5) is 5.11. The van der Waals surface area contributed by atoms with Crippen molar-refractivity contribution < 1.29 is 4.74 Å². The van der Waals surface area contributed by atoms with Crippen molar-refractivity contribution in [1.82, 2.24) is 15.1 Å². The van der Waals surface area contributed by atoms with E-state index in [0.29, 0.717) is 15.8 Å². The average Bonchev–Trinajstić information content (AvgIpc) is 2.79. The summed E-state index contributed by atoms with van der Waals surface area (Å²) in [6.07, 6.45) is 11.3. The Balaban J connectivity index is 1.36. The standard InChI is InChI=1S/C20H25Cl2N3O/c21-15-12-16(22)14-18(13-15)26-20-7-2-6-19(23-20)25-9-3-8-24(10-11-25)17-4-1-5-17/h2,6-7,12-14,17,20,23H,1,3-5,8-11H2. The number of rotatable bonds is 4. The van der Waals surface area contributed by atoms with Gasteiger partial charge in [0.2, 0.25) is 0 Å². The Hall–Kier alpha value is -1.36. The third-order valence-corrected chi connectivity index (χ3v) is 5.83. The second-order valence-electron chi connectivity index (χ2n) is 7.19. The maximum atomic E-state index is 6.07. The van der Waals surface area contributed by atoms with Crippen LogP contribution < -0.4 is 10.1 Å². The van der Waals surface area contributed by atoms with Crippen molar-refractivity contribution in [3.8, 4) is 5.75 Å². The van der Waals surface area contributed by atoms with Gasteiger partial charge in [-0.05, 0) is 49.6 Å². The van der Waals surface area contributed by atoms with E-state index in [1.54, 1.807) is 18.2 Å². The van der Waals surface area contributed by atoms with Gasteiger partial charge in [-0.3, -0.25) is 4.90 Å². The number of nitrogens with zero attached hydrogens (tertiary/aromatic N) is 2. The summed E-state index contributed by atoms with van der Waals surface area (Å²) < 4.78 is 6.01. The van der Waals surface area contributed by atoms with Gasteiger partial charge in [0.25, 0.3) is 0 Å². The van der Waals surface area contributed by atoms with E-state index in [0.717, 1.165) is 31.5 Å². The third-order valence-electron chi connectivity index (χ3n) is 5.39. The molecule has 0 bridgehead atoms. The highest BCUT2D eigenvalue weighted by atomic mass is 35.5. The second-order valence-corrected chi connectivity index (χ2v) is 8.06. The number of allylic oxidation sites excluding steroid dienone is 2. The highest BCUT2D eigenvalue weighted by Crippen LogP contribution is 2.27. The van der Waals surface area contributed by atoms with Crippen molar-refractivity contribution in [2.24, 2.45) is 0 Å². The Morgan fingerprint density at radius 2 is 1.77 bits per heavy atom. The zero-order valence-corrected chi connectivity index (χ0v) is 16.3. The SMILES string of the molecule is Clc1cc(Cl)cc(OC2C=CC=C(N3CCCN(C4CCC4)CC3)N2)c1. The monoisotopic (exact) mass is 393 g/mol. The molecule has 1 aromatic carbocycles. The van der Waals surface area contributed by atoms with E-state index in [9.17, 15) is 0 Å². The third kappa shape index (κ3) is 4.30. The van der Waals surface area contributed by atoms with E-state index in [1.807, 2.05) is 6.08 Å². The molecule has 1 saturated carbocycles. The van der Waals surface area contributed by atoms with Gasteiger partial charge in [0.05, 0.1) is 0 Å². The smallest absolute Gasteiger partial charge is 0.190 e. The van der Waals surface area contributed by atoms with Crippen LogP contribution in [0.15, 0.2) is 42.2 Å². The molecule has 6 heteroatoms. The lowest BCUT2D eigenvalue weighted by Gasteiger charge is -2.37. The molecule has 0 spiro atoms. The summed E-state index contributed by atoms with van der Waals surface area (Å²) in [5, 5.41) is 4.63. The highest BCUT2D eigenvalue weighted by molar-refractivity contribution is 6.34. The molecule has 2 heterocycles. The van der Waals surface area contributed by atoms with Crippen molar-refractivity contribution in [3.05, 3.63) is 52.3 Å². The Morgan fingerprint density at radius 3 is 2.50 bits per heavy atom. The Kier molecular flexibility index (Phi) is 5.63. The molecule has 2 aliphatic heterocycles. The molecule has 4 rings (SSSR count). The largest absolute Gasteiger partial charge is 0.467 e. The van der Waals surface area contributed by atoms with Crippen molar-refractivity contribution in [2.45, 2.75) is 38.0 Å². The molecular weight excluding hydrogens is 369 g/mol. The first-order chi connectivity index (χ1) is 12.7. The van der Waals surface area contributed by atoms with E-state index in [-0.39, 0.29) is 6.23 Å². The first kappa shape index (κ1) is 18.0. The zero-order chi connectivity index (χ0) is 17.9. The Labute approximate surface area is 165 Å². The van der Waals surface area contributed by atoms with Crippen LogP contribution in [0.25, 0.3) is 0 Å². The van der Waals surface area contributed by atoms with Crippen LogP contribution in [0.4, 0.5) is 0 Å². The maximum Gasteiger partial charge on any atom is 0.190 e. The van der Waals surface area contributed by atoms with Gasteiger partial charge in [-0.1, -0.05) is 35.7 Å². The molecule has 0 aromatic heterocycles. The van der Waals surface area contributed by atoms with Crippen LogP contribution in [-0.2, 0) is 0 Å². The second kappa shape index (κ2) is 8.12. The average molecular weight is 394 g/mol. The lowest BCUT2D eigenvalue weighted by Crippen LogP contribution is -2.44. The molecule has 0 amide bonds. The van der Waals surface area contributed by atoms with Crippen molar-refractivity contribution in [3.63, 3.8) is 0 Å². The molecule has 1 saturated heterocycles. The molecule has 2 fully saturated rings. The summed E-state index contributed by atoms with van der Waals surface area (Å²) in [5.41, 5.74) is 0. The summed E-state index contributed by atoms with van der Waals surface area (Å²) in [6.45, 7) is 4.48. The fourth-order valence-electron chi connectivity index (χ4n) is 3.79. The van der Waals surface area contributed by atoms with Crippen molar-refractivity contribution in [1.29, 1.82) is 0 Å². The molecule has 140 valence electrons.